The zero-order valence-corrected chi connectivity index (χ0v) is 12.7. The van der Waals surface area contributed by atoms with Gasteiger partial charge in [-0.3, -0.25) is 9.78 Å². The molecule has 2 aromatic rings. The molecule has 0 saturated heterocycles. The van der Waals surface area contributed by atoms with Crippen LogP contribution >= 0.6 is 0 Å². The highest BCUT2D eigenvalue weighted by Crippen LogP contribution is 2.18. The average molecular weight is 283 g/mol. The number of hydrogen-bond donors (Lipinski definition) is 2. The molecule has 0 aliphatic carbocycles. The highest BCUT2D eigenvalue weighted by molar-refractivity contribution is 5.78. The van der Waals surface area contributed by atoms with Crippen LogP contribution in [0.3, 0.4) is 0 Å². The van der Waals surface area contributed by atoms with Crippen LogP contribution in [-0.4, -0.2) is 10.9 Å². The van der Waals surface area contributed by atoms with Gasteiger partial charge in [0.05, 0.1) is 24.3 Å². The van der Waals surface area contributed by atoms with Gasteiger partial charge in [0, 0.05) is 5.69 Å². The van der Waals surface area contributed by atoms with Crippen molar-refractivity contribution in [1.82, 2.24) is 10.3 Å². The van der Waals surface area contributed by atoms with E-state index in [9.17, 15) is 4.79 Å². The van der Waals surface area contributed by atoms with Gasteiger partial charge >= 0.3 is 0 Å². The summed E-state index contributed by atoms with van der Waals surface area (Å²) >= 11 is 0. The number of rotatable bonds is 4. The Labute approximate surface area is 125 Å². The molecule has 21 heavy (non-hydrogen) atoms. The maximum atomic E-state index is 12.1. The molecule has 1 aromatic heterocycles. The SMILES string of the molecule is Cc1ccc(C(C)NC(=O)Cc2ccc(N)cn2)c(C)c1. The highest BCUT2D eigenvalue weighted by atomic mass is 16.1. The molecule has 0 bridgehead atoms. The molecule has 3 N–H and O–H groups in total. The topological polar surface area (TPSA) is 68.0 Å². The van der Waals surface area contributed by atoms with Crippen molar-refractivity contribution in [3.63, 3.8) is 0 Å². The molecule has 1 heterocycles. The fourth-order valence-electron chi connectivity index (χ4n) is 2.39. The number of carbonyl (C=O) groups is 1. The average Bonchev–Trinajstić information content (AvgIpc) is 2.41. The van der Waals surface area contributed by atoms with Gasteiger partial charge in [0.2, 0.25) is 5.91 Å². The van der Waals surface area contributed by atoms with Gasteiger partial charge in [0.25, 0.3) is 0 Å². The normalized spacial score (nSPS) is 12.0. The van der Waals surface area contributed by atoms with Gasteiger partial charge in [0.15, 0.2) is 0 Å². The Morgan fingerprint density at radius 1 is 1.29 bits per heavy atom. The smallest absolute Gasteiger partial charge is 0.226 e. The molecule has 4 heteroatoms. The summed E-state index contributed by atoms with van der Waals surface area (Å²) in [5, 5.41) is 3.01. The van der Waals surface area contributed by atoms with Crippen LogP contribution in [0.15, 0.2) is 36.5 Å². The van der Waals surface area contributed by atoms with Gasteiger partial charge in [0.1, 0.15) is 0 Å². The van der Waals surface area contributed by atoms with Crippen molar-refractivity contribution >= 4 is 11.6 Å². The summed E-state index contributed by atoms with van der Waals surface area (Å²) in [5.74, 6) is -0.0419. The number of amides is 1. The third kappa shape index (κ3) is 4.05. The zero-order valence-electron chi connectivity index (χ0n) is 12.7. The van der Waals surface area contributed by atoms with Crippen molar-refractivity contribution in [3.05, 3.63) is 58.9 Å². The summed E-state index contributed by atoms with van der Waals surface area (Å²) in [6.45, 7) is 6.12. The van der Waals surface area contributed by atoms with E-state index < -0.39 is 0 Å². The van der Waals surface area contributed by atoms with E-state index in [-0.39, 0.29) is 18.4 Å². The number of nitrogens with one attached hydrogen (secondary N) is 1. The number of pyridine rings is 1. The van der Waals surface area contributed by atoms with Crippen molar-refractivity contribution in [2.75, 3.05) is 5.73 Å². The Morgan fingerprint density at radius 2 is 2.05 bits per heavy atom. The van der Waals surface area contributed by atoms with Gasteiger partial charge in [-0.15, -0.1) is 0 Å². The molecule has 2 rings (SSSR count). The third-order valence-corrected chi connectivity index (χ3v) is 3.46. The summed E-state index contributed by atoms with van der Waals surface area (Å²) in [6.07, 6.45) is 1.83. The fraction of sp³-hybridized carbons (Fsp3) is 0.294. The summed E-state index contributed by atoms with van der Waals surface area (Å²) in [6, 6.07) is 9.76. The Balaban J connectivity index is 2.00. The Hall–Kier alpha value is -2.36. The van der Waals surface area contributed by atoms with E-state index in [2.05, 4.69) is 42.3 Å². The van der Waals surface area contributed by atoms with Crippen LogP contribution in [-0.2, 0) is 11.2 Å². The molecule has 110 valence electrons. The Bertz CT molecular complexity index is 635. The predicted octanol–water partition coefficient (Wildman–Crippen LogP) is 2.70. The minimum atomic E-state index is -0.0419. The van der Waals surface area contributed by atoms with Gasteiger partial charge in [-0.2, -0.15) is 0 Å². The van der Waals surface area contributed by atoms with E-state index in [0.717, 1.165) is 11.3 Å². The van der Waals surface area contributed by atoms with Crippen LogP contribution in [0.2, 0.25) is 0 Å². The van der Waals surface area contributed by atoms with Crippen molar-refractivity contribution < 1.29 is 4.79 Å². The van der Waals surface area contributed by atoms with Crippen molar-refractivity contribution in [2.45, 2.75) is 33.2 Å². The van der Waals surface area contributed by atoms with Gasteiger partial charge < -0.3 is 11.1 Å². The van der Waals surface area contributed by atoms with Gasteiger partial charge in [-0.25, -0.2) is 0 Å². The Morgan fingerprint density at radius 3 is 2.67 bits per heavy atom. The van der Waals surface area contributed by atoms with E-state index in [1.807, 2.05) is 6.92 Å². The van der Waals surface area contributed by atoms with E-state index in [0.29, 0.717) is 5.69 Å². The van der Waals surface area contributed by atoms with Crippen LogP contribution in [0.5, 0.6) is 0 Å². The minimum absolute atomic E-state index is 0.0214. The van der Waals surface area contributed by atoms with E-state index in [1.54, 1.807) is 18.3 Å². The Kier molecular flexibility index (Phi) is 4.58. The lowest BCUT2D eigenvalue weighted by Gasteiger charge is -2.17. The van der Waals surface area contributed by atoms with E-state index >= 15 is 0 Å². The standard InChI is InChI=1S/C17H21N3O/c1-11-4-7-16(12(2)8-11)13(3)20-17(21)9-15-6-5-14(18)10-19-15/h4-8,10,13H,9,18H2,1-3H3,(H,20,21). The van der Waals surface area contributed by atoms with Crippen molar-refractivity contribution in [3.8, 4) is 0 Å². The number of nitrogens with two attached hydrogens (primary N) is 1. The molecule has 0 aliphatic rings. The number of aromatic nitrogens is 1. The molecule has 0 fully saturated rings. The van der Waals surface area contributed by atoms with E-state index in [4.69, 9.17) is 5.73 Å². The number of nitrogens with zero attached hydrogens (tertiary/aromatic N) is 1. The molecule has 1 atom stereocenters. The van der Waals surface area contributed by atoms with Crippen LogP contribution in [0, 0.1) is 13.8 Å². The maximum absolute atomic E-state index is 12.1. The quantitative estimate of drug-likeness (QED) is 0.906. The fourth-order valence-corrected chi connectivity index (χ4v) is 2.39. The number of nitrogen functional groups attached to an aromatic ring is 1. The molecule has 0 saturated carbocycles. The van der Waals surface area contributed by atoms with Crippen LogP contribution in [0.1, 0.15) is 35.3 Å². The first-order valence-electron chi connectivity index (χ1n) is 7.02. The minimum Gasteiger partial charge on any atom is -0.397 e. The van der Waals surface area contributed by atoms with Crippen LogP contribution in [0.4, 0.5) is 5.69 Å². The first kappa shape index (κ1) is 15.0. The largest absolute Gasteiger partial charge is 0.397 e. The first-order chi connectivity index (χ1) is 9.95. The molecule has 4 nitrogen and oxygen atoms in total. The molecule has 0 spiro atoms. The summed E-state index contributed by atoms with van der Waals surface area (Å²) in [4.78, 5) is 16.2. The summed E-state index contributed by atoms with van der Waals surface area (Å²) in [5.41, 5.74) is 10.4. The molecular formula is C17H21N3O. The zero-order chi connectivity index (χ0) is 15.4. The molecule has 1 unspecified atom stereocenters. The molecule has 0 radical (unpaired) electrons. The van der Waals surface area contributed by atoms with Gasteiger partial charge in [-0.05, 0) is 44.0 Å². The molecule has 1 amide bonds. The van der Waals surface area contributed by atoms with Crippen LogP contribution in [0.25, 0.3) is 0 Å². The number of benzene rings is 1. The first-order valence-corrected chi connectivity index (χ1v) is 7.02. The monoisotopic (exact) mass is 283 g/mol. The number of carbonyl (C=O) groups excluding carboxylic acids is 1. The van der Waals surface area contributed by atoms with Gasteiger partial charge in [-0.1, -0.05) is 23.8 Å². The lowest BCUT2D eigenvalue weighted by molar-refractivity contribution is -0.121. The van der Waals surface area contributed by atoms with Crippen LogP contribution < -0.4 is 11.1 Å². The third-order valence-electron chi connectivity index (χ3n) is 3.46. The lowest BCUT2D eigenvalue weighted by atomic mass is 10.00. The maximum Gasteiger partial charge on any atom is 0.226 e. The summed E-state index contributed by atoms with van der Waals surface area (Å²) in [7, 11) is 0. The molecule has 0 aliphatic heterocycles. The second kappa shape index (κ2) is 6.39. The lowest BCUT2D eigenvalue weighted by Crippen LogP contribution is -2.28. The van der Waals surface area contributed by atoms with Crippen molar-refractivity contribution in [2.24, 2.45) is 0 Å². The molecule has 1 aromatic carbocycles. The van der Waals surface area contributed by atoms with Crippen molar-refractivity contribution in [1.29, 1.82) is 0 Å². The highest BCUT2D eigenvalue weighted by Gasteiger charge is 2.12. The second-order valence-electron chi connectivity index (χ2n) is 5.41. The van der Waals surface area contributed by atoms with E-state index in [1.165, 1.54) is 11.1 Å². The summed E-state index contributed by atoms with van der Waals surface area (Å²) < 4.78 is 0. The second-order valence-corrected chi connectivity index (χ2v) is 5.41. The number of aryl methyl sites for hydroxylation is 2. The molecular weight excluding hydrogens is 262 g/mol. The predicted molar refractivity (Wildman–Crippen MR) is 84.8 cm³/mol. The number of hydrogen-bond acceptors (Lipinski definition) is 3. The number of anilines is 1.